The third-order valence-electron chi connectivity index (χ3n) is 4.86. The summed E-state index contributed by atoms with van der Waals surface area (Å²) in [5, 5.41) is 19.6. The van der Waals surface area contributed by atoms with Gasteiger partial charge in [-0.3, -0.25) is 4.57 Å². The lowest BCUT2D eigenvalue weighted by Crippen LogP contribution is -2.02. The maximum atomic E-state index is 14.3. The third-order valence-corrected chi connectivity index (χ3v) is 5.85. The number of phenols is 1. The van der Waals surface area contributed by atoms with Gasteiger partial charge in [0.1, 0.15) is 17.1 Å². The smallest absolute Gasteiger partial charge is 0.336 e. The molecule has 0 spiro atoms. The van der Waals surface area contributed by atoms with Crippen LogP contribution in [-0.4, -0.2) is 19.9 Å². The van der Waals surface area contributed by atoms with Crippen molar-refractivity contribution >= 4 is 22.7 Å². The number of fused-ring (bicyclic) bond motifs is 1. The molecule has 29 heavy (non-hydrogen) atoms. The summed E-state index contributed by atoms with van der Waals surface area (Å²) >= 11 is 1.44. The minimum atomic E-state index is -0.477. The van der Waals surface area contributed by atoms with Crippen molar-refractivity contribution in [1.29, 1.82) is 0 Å². The molecule has 2 heterocycles. The van der Waals surface area contributed by atoms with Gasteiger partial charge in [-0.15, -0.1) is 10.2 Å². The summed E-state index contributed by atoms with van der Waals surface area (Å²) in [7, 11) is 0. The Balaban J connectivity index is 1.50. The molecule has 146 valence electrons. The number of hydrogen-bond donors (Lipinski definition) is 1. The molecule has 1 aliphatic rings. The second-order valence-corrected chi connectivity index (χ2v) is 7.89. The molecule has 2 aromatic carbocycles. The van der Waals surface area contributed by atoms with E-state index in [9.17, 15) is 14.3 Å². The van der Waals surface area contributed by atoms with Crippen LogP contribution in [0.15, 0.2) is 62.9 Å². The number of halogens is 1. The van der Waals surface area contributed by atoms with E-state index in [0.717, 1.165) is 23.8 Å². The molecule has 0 radical (unpaired) electrons. The molecule has 0 unspecified atom stereocenters. The van der Waals surface area contributed by atoms with Gasteiger partial charge in [-0.05, 0) is 42.7 Å². The minimum Gasteiger partial charge on any atom is -0.508 e. The quantitative estimate of drug-likeness (QED) is 0.385. The van der Waals surface area contributed by atoms with Crippen molar-refractivity contribution in [2.45, 2.75) is 29.8 Å². The van der Waals surface area contributed by atoms with Gasteiger partial charge in [-0.1, -0.05) is 23.9 Å². The van der Waals surface area contributed by atoms with E-state index in [0.29, 0.717) is 27.9 Å². The zero-order valence-corrected chi connectivity index (χ0v) is 16.0. The molecule has 4 aromatic rings. The predicted molar refractivity (Wildman–Crippen MR) is 107 cm³/mol. The molecule has 0 amide bonds. The van der Waals surface area contributed by atoms with Crippen LogP contribution >= 0.6 is 11.8 Å². The monoisotopic (exact) mass is 409 g/mol. The Labute approximate surface area is 169 Å². The van der Waals surface area contributed by atoms with Crippen molar-refractivity contribution in [3.63, 3.8) is 0 Å². The summed E-state index contributed by atoms with van der Waals surface area (Å²) in [5.41, 5.74) is 1.07. The van der Waals surface area contributed by atoms with Gasteiger partial charge in [0, 0.05) is 29.3 Å². The van der Waals surface area contributed by atoms with E-state index < -0.39 is 5.63 Å². The van der Waals surface area contributed by atoms with E-state index in [1.165, 1.54) is 30.0 Å². The Bertz CT molecular complexity index is 1280. The van der Waals surface area contributed by atoms with Crippen LogP contribution in [0.4, 0.5) is 4.39 Å². The van der Waals surface area contributed by atoms with Gasteiger partial charge >= 0.3 is 5.63 Å². The van der Waals surface area contributed by atoms with Gasteiger partial charge in [0.05, 0.1) is 5.56 Å². The number of rotatable bonds is 5. The molecule has 1 saturated carbocycles. The summed E-state index contributed by atoms with van der Waals surface area (Å²) in [6.45, 7) is 0. The van der Waals surface area contributed by atoms with Crippen LogP contribution in [-0.2, 0) is 5.75 Å². The second kappa shape index (κ2) is 7.04. The largest absolute Gasteiger partial charge is 0.508 e. The predicted octanol–water partition coefficient (Wildman–Crippen LogP) is 4.52. The Hall–Kier alpha value is -3.13. The molecular weight excluding hydrogens is 393 g/mol. The summed E-state index contributed by atoms with van der Waals surface area (Å²) in [6.07, 6.45) is 2.01. The van der Waals surface area contributed by atoms with Crippen molar-refractivity contribution in [2.24, 2.45) is 0 Å². The van der Waals surface area contributed by atoms with Crippen molar-refractivity contribution in [1.82, 2.24) is 14.8 Å². The number of phenolic OH excluding ortho intramolecular Hbond substituents is 1. The molecule has 0 atom stereocenters. The van der Waals surface area contributed by atoms with Crippen molar-refractivity contribution in [3.8, 4) is 17.1 Å². The van der Waals surface area contributed by atoms with Crippen LogP contribution in [0.2, 0.25) is 0 Å². The zero-order valence-electron chi connectivity index (χ0n) is 15.2. The van der Waals surface area contributed by atoms with E-state index in [-0.39, 0.29) is 17.6 Å². The number of nitrogens with zero attached hydrogens (tertiary/aromatic N) is 3. The van der Waals surface area contributed by atoms with Crippen molar-refractivity contribution in [3.05, 3.63) is 70.3 Å². The second-order valence-electron chi connectivity index (χ2n) is 6.95. The minimum absolute atomic E-state index is 0.0356. The fourth-order valence-electron chi connectivity index (χ4n) is 3.34. The molecule has 6 nitrogen and oxygen atoms in total. The summed E-state index contributed by atoms with van der Waals surface area (Å²) in [4.78, 5) is 11.9. The average molecular weight is 409 g/mol. The van der Waals surface area contributed by atoms with E-state index in [2.05, 4.69) is 10.2 Å². The average Bonchev–Trinajstić information content (AvgIpc) is 3.45. The SMILES string of the molecule is O=c1cc(CSc2nnc(-c3ccccc3F)n2C2CC2)c2ccc(O)cc2o1. The number of aromatic nitrogens is 3. The Morgan fingerprint density at radius 3 is 2.79 bits per heavy atom. The lowest BCUT2D eigenvalue weighted by Gasteiger charge is -2.10. The first-order valence-electron chi connectivity index (χ1n) is 9.18. The standard InChI is InChI=1S/C21H16FN3O3S/c22-17-4-2-1-3-16(17)20-23-24-21(25(20)13-5-6-13)29-11-12-9-19(27)28-18-10-14(26)7-8-15(12)18/h1-4,7-10,13,26H,5-6,11H2. The number of thioether (sulfide) groups is 1. The maximum Gasteiger partial charge on any atom is 0.336 e. The third kappa shape index (κ3) is 3.40. The molecule has 8 heteroatoms. The highest BCUT2D eigenvalue weighted by atomic mass is 32.2. The molecular formula is C21H16FN3O3S. The van der Waals surface area contributed by atoms with Gasteiger partial charge in [-0.25, -0.2) is 9.18 Å². The summed E-state index contributed by atoms with van der Waals surface area (Å²) < 4.78 is 21.5. The molecule has 2 aromatic heterocycles. The molecule has 1 fully saturated rings. The highest BCUT2D eigenvalue weighted by Gasteiger charge is 2.31. The van der Waals surface area contributed by atoms with Crippen LogP contribution in [0.1, 0.15) is 24.4 Å². The zero-order chi connectivity index (χ0) is 20.0. The van der Waals surface area contributed by atoms with Crippen molar-refractivity contribution in [2.75, 3.05) is 0 Å². The van der Waals surface area contributed by atoms with Crippen LogP contribution in [0.5, 0.6) is 5.75 Å². The summed E-state index contributed by atoms with van der Waals surface area (Å²) in [6, 6.07) is 13.0. The first kappa shape index (κ1) is 17.9. The van der Waals surface area contributed by atoms with E-state index in [4.69, 9.17) is 4.42 Å². The Morgan fingerprint density at radius 2 is 2.00 bits per heavy atom. The van der Waals surface area contributed by atoms with Gasteiger partial charge in [-0.2, -0.15) is 0 Å². The molecule has 5 rings (SSSR count). The Kier molecular flexibility index (Phi) is 4.35. The lowest BCUT2D eigenvalue weighted by atomic mass is 10.1. The molecule has 1 aliphatic carbocycles. The van der Waals surface area contributed by atoms with E-state index >= 15 is 0 Å². The molecule has 0 aliphatic heterocycles. The fraction of sp³-hybridized carbons (Fsp3) is 0.190. The van der Waals surface area contributed by atoms with Gasteiger partial charge in [0.2, 0.25) is 0 Å². The van der Waals surface area contributed by atoms with Gasteiger partial charge in [0.15, 0.2) is 11.0 Å². The number of hydrogen-bond acceptors (Lipinski definition) is 6. The van der Waals surface area contributed by atoms with Crippen LogP contribution in [0, 0.1) is 5.82 Å². The van der Waals surface area contributed by atoms with Crippen LogP contribution in [0.3, 0.4) is 0 Å². The van der Waals surface area contributed by atoms with Gasteiger partial charge < -0.3 is 9.52 Å². The number of benzene rings is 2. The first-order valence-corrected chi connectivity index (χ1v) is 10.2. The Morgan fingerprint density at radius 1 is 1.17 bits per heavy atom. The molecule has 0 bridgehead atoms. The molecule has 0 saturated heterocycles. The van der Waals surface area contributed by atoms with Gasteiger partial charge in [0.25, 0.3) is 0 Å². The maximum absolute atomic E-state index is 14.3. The van der Waals surface area contributed by atoms with Crippen LogP contribution < -0.4 is 5.63 Å². The molecule has 1 N–H and O–H groups in total. The normalized spacial score (nSPS) is 13.8. The van der Waals surface area contributed by atoms with E-state index in [1.54, 1.807) is 30.3 Å². The lowest BCUT2D eigenvalue weighted by molar-refractivity contribution is 0.473. The fourth-order valence-corrected chi connectivity index (χ4v) is 4.34. The highest BCUT2D eigenvalue weighted by molar-refractivity contribution is 7.98. The summed E-state index contributed by atoms with van der Waals surface area (Å²) in [5.74, 6) is 0.698. The number of aromatic hydroxyl groups is 1. The highest BCUT2D eigenvalue weighted by Crippen LogP contribution is 2.42. The first-order chi connectivity index (χ1) is 14.1. The van der Waals surface area contributed by atoms with Crippen LogP contribution in [0.25, 0.3) is 22.4 Å². The van der Waals surface area contributed by atoms with Crippen molar-refractivity contribution < 1.29 is 13.9 Å². The topological polar surface area (TPSA) is 81.2 Å². The van der Waals surface area contributed by atoms with E-state index in [1.807, 2.05) is 4.57 Å².